The summed E-state index contributed by atoms with van der Waals surface area (Å²) in [6.07, 6.45) is 0.442. The average molecular weight is 550 g/mol. The van der Waals surface area contributed by atoms with Gasteiger partial charge in [-0.15, -0.1) is 13.2 Å². The molecule has 1 saturated carbocycles. The van der Waals surface area contributed by atoms with E-state index in [0.717, 1.165) is 53.9 Å². The molecule has 1 N–H and O–H groups in total. The Kier molecular flexibility index (Phi) is 7.20. The lowest BCUT2D eigenvalue weighted by Gasteiger charge is -2.41. The number of hydrogen-bond acceptors (Lipinski definition) is 6. The van der Waals surface area contributed by atoms with E-state index in [1.54, 1.807) is 6.07 Å². The quantitative estimate of drug-likeness (QED) is 0.327. The van der Waals surface area contributed by atoms with E-state index in [4.69, 9.17) is 9.47 Å². The van der Waals surface area contributed by atoms with Gasteiger partial charge >= 0.3 is 6.36 Å². The zero-order valence-corrected chi connectivity index (χ0v) is 21.9. The van der Waals surface area contributed by atoms with Gasteiger partial charge in [0.2, 0.25) is 0 Å². The summed E-state index contributed by atoms with van der Waals surface area (Å²) in [4.78, 5) is 2.41. The van der Waals surface area contributed by atoms with Crippen LogP contribution >= 0.6 is 0 Å². The van der Waals surface area contributed by atoms with Crippen LogP contribution in [0, 0.1) is 11.3 Å². The molecule has 0 aromatic heterocycles. The molecule has 40 heavy (non-hydrogen) atoms. The van der Waals surface area contributed by atoms with Crippen LogP contribution in [0.3, 0.4) is 0 Å². The third kappa shape index (κ3) is 5.54. The van der Waals surface area contributed by atoms with Gasteiger partial charge < -0.3 is 24.4 Å². The Balaban J connectivity index is 1.24. The van der Waals surface area contributed by atoms with Crippen molar-refractivity contribution in [1.29, 1.82) is 5.26 Å². The van der Waals surface area contributed by atoms with Gasteiger partial charge in [-0.1, -0.05) is 24.3 Å². The molecule has 2 fully saturated rings. The van der Waals surface area contributed by atoms with Crippen LogP contribution in [0.15, 0.2) is 66.7 Å². The van der Waals surface area contributed by atoms with Crippen LogP contribution in [-0.4, -0.2) is 31.7 Å². The van der Waals surface area contributed by atoms with Crippen molar-refractivity contribution in [1.82, 2.24) is 0 Å². The molecule has 2 atom stereocenters. The van der Waals surface area contributed by atoms with Crippen molar-refractivity contribution in [2.45, 2.75) is 62.6 Å². The van der Waals surface area contributed by atoms with Crippen LogP contribution in [0.5, 0.6) is 11.5 Å². The largest absolute Gasteiger partial charge is 0.573 e. The molecular weight excluding hydrogens is 519 g/mol. The molecule has 2 aliphatic heterocycles. The van der Waals surface area contributed by atoms with Gasteiger partial charge in [-0.05, 0) is 60.7 Å². The smallest absolute Gasteiger partial charge is 0.490 e. The first-order valence-electron chi connectivity index (χ1n) is 13.7. The molecule has 6 rings (SSSR count). The molecule has 208 valence electrons. The molecule has 6 nitrogen and oxygen atoms in total. The first-order chi connectivity index (χ1) is 19.4. The topological polar surface area (TPSA) is 66.8 Å². The van der Waals surface area contributed by atoms with Crippen molar-refractivity contribution in [3.8, 4) is 17.6 Å². The first kappa shape index (κ1) is 26.3. The van der Waals surface area contributed by atoms with Crippen LogP contribution in [-0.2, 0) is 4.74 Å². The van der Waals surface area contributed by atoms with E-state index in [0.29, 0.717) is 24.9 Å². The van der Waals surface area contributed by atoms with Crippen LogP contribution in [0.1, 0.15) is 55.2 Å². The Bertz CT molecular complexity index is 1380. The number of halogens is 3. The Labute approximate surface area is 231 Å². The van der Waals surface area contributed by atoms with Crippen LogP contribution in [0.4, 0.5) is 30.2 Å². The second-order valence-corrected chi connectivity index (χ2v) is 10.5. The Morgan fingerprint density at radius 2 is 1.68 bits per heavy atom. The molecular formula is C31H30F3N3O3. The van der Waals surface area contributed by atoms with E-state index in [-0.39, 0.29) is 23.8 Å². The Morgan fingerprint density at radius 1 is 0.900 bits per heavy atom. The van der Waals surface area contributed by atoms with E-state index >= 15 is 0 Å². The number of nitrogens with zero attached hydrogens (tertiary/aromatic N) is 2. The number of alkyl halides is 3. The summed E-state index contributed by atoms with van der Waals surface area (Å²) >= 11 is 0. The minimum absolute atomic E-state index is 0.133. The summed E-state index contributed by atoms with van der Waals surface area (Å²) < 4.78 is 53.7. The molecule has 3 aliphatic rings. The molecule has 3 aromatic carbocycles. The van der Waals surface area contributed by atoms with Gasteiger partial charge in [-0.3, -0.25) is 0 Å². The first-order valence-corrected chi connectivity index (χ1v) is 13.7. The van der Waals surface area contributed by atoms with Crippen molar-refractivity contribution in [3.05, 3.63) is 77.9 Å². The van der Waals surface area contributed by atoms with Gasteiger partial charge in [0.05, 0.1) is 31.2 Å². The minimum atomic E-state index is -4.75. The van der Waals surface area contributed by atoms with Crippen molar-refractivity contribution < 1.29 is 27.4 Å². The Hall–Kier alpha value is -3.90. The summed E-state index contributed by atoms with van der Waals surface area (Å²) in [5.74, 6) is 0.206. The summed E-state index contributed by atoms with van der Waals surface area (Å²) in [6, 6.07) is 22.4. The van der Waals surface area contributed by atoms with Gasteiger partial charge in [0.25, 0.3) is 0 Å². The molecule has 2 unspecified atom stereocenters. The maximum atomic E-state index is 12.6. The lowest BCUT2D eigenvalue weighted by atomic mass is 9.87. The fraction of sp³-hybridized carbons (Fsp3) is 0.387. The van der Waals surface area contributed by atoms with Gasteiger partial charge in [-0.2, -0.15) is 5.26 Å². The standard InChI is InChI=1S/C31H30F3N3O3/c32-31(33,34)40-26-6-1-3-22(17-26)36-21-9-7-20(8-10-21)30-28(19-35)27-12-11-25(39-24-13-15-38-16-14-24)18-29(27)37(30)23-4-2-5-23/h1,3,6-12,17-18,23-24,28,30,36H,2,4-5,13-16H2. The molecule has 0 radical (unpaired) electrons. The number of fused-ring (bicyclic) bond motifs is 1. The monoisotopic (exact) mass is 549 g/mol. The molecule has 1 saturated heterocycles. The predicted octanol–water partition coefficient (Wildman–Crippen LogP) is 7.61. The molecule has 2 heterocycles. The lowest BCUT2D eigenvalue weighted by Crippen LogP contribution is -2.41. The summed E-state index contributed by atoms with van der Waals surface area (Å²) in [5, 5.41) is 13.4. The van der Waals surface area contributed by atoms with Crippen LogP contribution in [0.2, 0.25) is 0 Å². The van der Waals surface area contributed by atoms with Crippen LogP contribution in [0.25, 0.3) is 0 Å². The van der Waals surface area contributed by atoms with E-state index in [9.17, 15) is 18.4 Å². The van der Waals surface area contributed by atoms with Crippen molar-refractivity contribution >= 4 is 17.1 Å². The maximum absolute atomic E-state index is 12.6. The van der Waals surface area contributed by atoms with Gasteiger partial charge in [0, 0.05) is 48.1 Å². The minimum Gasteiger partial charge on any atom is -0.490 e. The normalized spacial score (nSPS) is 21.3. The highest BCUT2D eigenvalue weighted by Crippen LogP contribution is 2.53. The van der Waals surface area contributed by atoms with Gasteiger partial charge in [0.1, 0.15) is 17.6 Å². The summed E-state index contributed by atoms with van der Waals surface area (Å²) in [5.41, 5.74) is 4.29. The average Bonchev–Trinajstić information content (AvgIpc) is 3.21. The highest BCUT2D eigenvalue weighted by Gasteiger charge is 2.44. The predicted molar refractivity (Wildman–Crippen MR) is 145 cm³/mol. The van der Waals surface area contributed by atoms with Gasteiger partial charge in [0.15, 0.2) is 0 Å². The molecule has 0 spiro atoms. The third-order valence-corrected chi connectivity index (χ3v) is 7.92. The number of rotatable bonds is 7. The lowest BCUT2D eigenvalue weighted by molar-refractivity contribution is -0.274. The second-order valence-electron chi connectivity index (χ2n) is 10.5. The van der Waals surface area contributed by atoms with E-state index in [1.165, 1.54) is 24.6 Å². The van der Waals surface area contributed by atoms with E-state index in [2.05, 4.69) is 27.1 Å². The number of nitrogens with one attached hydrogen (secondary N) is 1. The summed E-state index contributed by atoms with van der Waals surface area (Å²) in [6.45, 7) is 1.42. The highest BCUT2D eigenvalue weighted by molar-refractivity contribution is 5.69. The Morgan fingerprint density at radius 3 is 2.35 bits per heavy atom. The molecule has 3 aromatic rings. The maximum Gasteiger partial charge on any atom is 0.573 e. The number of nitriles is 1. The number of hydrogen-bond donors (Lipinski definition) is 1. The van der Waals surface area contributed by atoms with Crippen LogP contribution < -0.4 is 19.7 Å². The molecule has 0 bridgehead atoms. The summed E-state index contributed by atoms with van der Waals surface area (Å²) in [7, 11) is 0. The van der Waals surface area contributed by atoms with Gasteiger partial charge in [-0.25, -0.2) is 0 Å². The third-order valence-electron chi connectivity index (χ3n) is 7.92. The number of ether oxygens (including phenoxy) is 3. The van der Waals surface area contributed by atoms with Crippen molar-refractivity contribution in [2.24, 2.45) is 0 Å². The van der Waals surface area contributed by atoms with Crippen molar-refractivity contribution in [2.75, 3.05) is 23.4 Å². The fourth-order valence-corrected chi connectivity index (χ4v) is 5.83. The SMILES string of the molecule is N#CC1c2ccc(OC3CCOCC3)cc2N(C2CCC2)C1c1ccc(Nc2cccc(OC(F)(F)F)c2)cc1. The molecule has 9 heteroatoms. The second kappa shape index (κ2) is 10.9. The number of benzene rings is 3. The molecule has 0 amide bonds. The molecule has 1 aliphatic carbocycles. The fourth-order valence-electron chi connectivity index (χ4n) is 5.83. The van der Waals surface area contributed by atoms with Crippen molar-refractivity contribution in [3.63, 3.8) is 0 Å². The number of anilines is 3. The van der Waals surface area contributed by atoms with E-state index < -0.39 is 6.36 Å². The zero-order valence-electron chi connectivity index (χ0n) is 21.9. The van der Waals surface area contributed by atoms with E-state index in [1.807, 2.05) is 36.4 Å². The zero-order chi connectivity index (χ0) is 27.7. The highest BCUT2D eigenvalue weighted by atomic mass is 19.4.